The van der Waals surface area contributed by atoms with E-state index >= 15 is 0 Å². The van der Waals surface area contributed by atoms with Gasteiger partial charge in [0, 0.05) is 10.4 Å². The molecule has 3 rings (SSSR count). The van der Waals surface area contributed by atoms with E-state index in [9.17, 15) is 4.39 Å². The Hall–Kier alpha value is -2.58. The minimum Gasteiger partial charge on any atom is -0.457 e. The van der Waals surface area contributed by atoms with Crippen molar-refractivity contribution in [3.63, 3.8) is 0 Å². The predicted molar refractivity (Wildman–Crippen MR) is 110 cm³/mol. The van der Waals surface area contributed by atoms with Crippen LogP contribution in [0.15, 0.2) is 90.8 Å². The van der Waals surface area contributed by atoms with Crippen molar-refractivity contribution in [2.75, 3.05) is 0 Å². The molecule has 3 heteroatoms. The van der Waals surface area contributed by atoms with E-state index in [-0.39, 0.29) is 5.83 Å². The lowest BCUT2D eigenvalue weighted by molar-refractivity contribution is 0.454. The fraction of sp³-hybridized carbons (Fsp3) is 0.167. The van der Waals surface area contributed by atoms with Crippen LogP contribution in [0.4, 0.5) is 4.39 Å². The minimum absolute atomic E-state index is 0.167. The van der Waals surface area contributed by atoms with Crippen LogP contribution in [0.1, 0.15) is 25.0 Å². The molecule has 0 radical (unpaired) electrons. The molecule has 0 aliphatic heterocycles. The van der Waals surface area contributed by atoms with Gasteiger partial charge in [0.2, 0.25) is 0 Å². The van der Waals surface area contributed by atoms with Crippen LogP contribution in [-0.4, -0.2) is 0 Å². The van der Waals surface area contributed by atoms with Crippen LogP contribution in [0.25, 0.3) is 0 Å². The van der Waals surface area contributed by atoms with Crippen LogP contribution < -0.4 is 4.74 Å². The van der Waals surface area contributed by atoms with Crippen molar-refractivity contribution in [1.29, 1.82) is 0 Å². The largest absolute Gasteiger partial charge is 0.457 e. The molecule has 0 aliphatic carbocycles. The zero-order chi connectivity index (χ0) is 19.3. The smallest absolute Gasteiger partial charge is 0.127 e. The Kier molecular flexibility index (Phi) is 5.98. The summed E-state index contributed by atoms with van der Waals surface area (Å²) in [7, 11) is 0. The van der Waals surface area contributed by atoms with E-state index in [1.54, 1.807) is 18.2 Å². The van der Waals surface area contributed by atoms with Gasteiger partial charge in [0.05, 0.1) is 0 Å². The lowest BCUT2D eigenvalue weighted by Crippen LogP contribution is -2.18. The maximum absolute atomic E-state index is 14.9. The third kappa shape index (κ3) is 4.99. The Morgan fingerprint density at radius 3 is 2.30 bits per heavy atom. The fourth-order valence-electron chi connectivity index (χ4n) is 2.83. The van der Waals surface area contributed by atoms with Crippen LogP contribution in [0.5, 0.6) is 11.5 Å². The Labute approximate surface area is 165 Å². The Morgan fingerprint density at radius 1 is 0.926 bits per heavy atom. The molecule has 0 atom stereocenters. The molecule has 0 saturated carbocycles. The van der Waals surface area contributed by atoms with Gasteiger partial charge in [0.15, 0.2) is 0 Å². The molecule has 0 aromatic heterocycles. The summed E-state index contributed by atoms with van der Waals surface area (Å²) in [5, 5.41) is 0.647. The molecule has 27 heavy (non-hydrogen) atoms. The first-order valence-corrected chi connectivity index (χ1v) is 9.27. The number of allylic oxidation sites excluding steroid dienone is 2. The molecule has 3 aromatic carbocycles. The number of rotatable bonds is 6. The van der Waals surface area contributed by atoms with Gasteiger partial charge in [-0.15, -0.1) is 0 Å². The van der Waals surface area contributed by atoms with Crippen molar-refractivity contribution in [3.05, 3.63) is 107 Å². The number of halogens is 2. The molecule has 3 aromatic rings. The standard InChI is InChI=1S/C24H22ClFO/c1-24(2,19-12-14-20(25)15-13-19)23(26)16-11-18-7-6-10-22(17-18)27-21-8-4-3-5-9-21/h3-10,12-17H,11H2,1-2H3. The van der Waals surface area contributed by atoms with Gasteiger partial charge in [-0.2, -0.15) is 0 Å². The highest BCUT2D eigenvalue weighted by molar-refractivity contribution is 6.30. The van der Waals surface area contributed by atoms with Gasteiger partial charge in [0.1, 0.15) is 17.3 Å². The van der Waals surface area contributed by atoms with E-state index in [1.807, 2.05) is 80.6 Å². The monoisotopic (exact) mass is 380 g/mol. The van der Waals surface area contributed by atoms with E-state index in [0.717, 1.165) is 22.6 Å². The number of ether oxygens (including phenoxy) is 1. The first-order valence-electron chi connectivity index (χ1n) is 8.89. The molecule has 0 aliphatic rings. The first kappa shape index (κ1) is 19.2. The van der Waals surface area contributed by atoms with Crippen LogP contribution in [0.3, 0.4) is 0 Å². The van der Waals surface area contributed by atoms with Crippen LogP contribution in [-0.2, 0) is 11.8 Å². The van der Waals surface area contributed by atoms with Crippen LogP contribution >= 0.6 is 11.6 Å². The number of para-hydroxylation sites is 1. The van der Waals surface area contributed by atoms with E-state index in [1.165, 1.54) is 0 Å². The van der Waals surface area contributed by atoms with Crippen LogP contribution in [0, 0.1) is 0 Å². The molecule has 0 heterocycles. The van der Waals surface area contributed by atoms with Gasteiger partial charge in [0.25, 0.3) is 0 Å². The van der Waals surface area contributed by atoms with E-state index < -0.39 is 5.41 Å². The maximum atomic E-state index is 14.9. The molecule has 0 saturated heterocycles. The second-order valence-corrected chi connectivity index (χ2v) is 7.39. The highest BCUT2D eigenvalue weighted by Gasteiger charge is 2.25. The maximum Gasteiger partial charge on any atom is 0.127 e. The second-order valence-electron chi connectivity index (χ2n) is 6.95. The van der Waals surface area contributed by atoms with Crippen molar-refractivity contribution in [1.82, 2.24) is 0 Å². The fourth-order valence-corrected chi connectivity index (χ4v) is 2.95. The summed E-state index contributed by atoms with van der Waals surface area (Å²) in [6.45, 7) is 3.74. The molecule has 0 fully saturated rings. The zero-order valence-electron chi connectivity index (χ0n) is 15.5. The third-order valence-electron chi connectivity index (χ3n) is 4.56. The normalized spacial score (nSPS) is 12.1. The van der Waals surface area contributed by atoms with Crippen LogP contribution in [0.2, 0.25) is 5.02 Å². The quantitative estimate of drug-likeness (QED) is 0.430. The minimum atomic E-state index is -0.706. The molecule has 0 unspecified atom stereocenters. The zero-order valence-corrected chi connectivity index (χ0v) is 16.2. The van der Waals surface area contributed by atoms with Gasteiger partial charge in [-0.1, -0.05) is 54.1 Å². The molecule has 0 bridgehead atoms. The third-order valence-corrected chi connectivity index (χ3v) is 4.81. The van der Waals surface area contributed by atoms with Gasteiger partial charge in [-0.05, 0) is 73.9 Å². The lowest BCUT2D eigenvalue weighted by atomic mass is 9.83. The first-order chi connectivity index (χ1) is 12.9. The molecular formula is C24H22ClFO. The molecule has 1 nitrogen and oxygen atoms in total. The number of hydrogen-bond donors (Lipinski definition) is 0. The summed E-state index contributed by atoms with van der Waals surface area (Å²) >= 11 is 5.94. The van der Waals surface area contributed by atoms with E-state index in [4.69, 9.17) is 16.3 Å². The summed E-state index contributed by atoms with van der Waals surface area (Å²) < 4.78 is 20.7. The van der Waals surface area contributed by atoms with E-state index in [0.29, 0.717) is 11.4 Å². The van der Waals surface area contributed by atoms with Gasteiger partial charge in [-0.3, -0.25) is 0 Å². The Morgan fingerprint density at radius 2 is 1.59 bits per heavy atom. The van der Waals surface area contributed by atoms with E-state index in [2.05, 4.69) is 0 Å². The highest BCUT2D eigenvalue weighted by Crippen LogP contribution is 2.33. The molecule has 0 spiro atoms. The molecule has 0 amide bonds. The summed E-state index contributed by atoms with van der Waals surface area (Å²) in [5.74, 6) is 1.35. The number of benzene rings is 3. The van der Waals surface area contributed by atoms with Crippen molar-refractivity contribution >= 4 is 11.6 Å². The average molecular weight is 381 g/mol. The highest BCUT2D eigenvalue weighted by atomic mass is 35.5. The predicted octanol–water partition coefficient (Wildman–Crippen LogP) is 7.51. The SMILES string of the molecule is CC(C)(C(F)=CCc1cccc(Oc2ccccc2)c1)c1ccc(Cl)cc1. The summed E-state index contributed by atoms with van der Waals surface area (Å²) in [6.07, 6.45) is 2.13. The van der Waals surface area contributed by atoms with Crippen molar-refractivity contribution in [3.8, 4) is 11.5 Å². The van der Waals surface area contributed by atoms with Crippen molar-refractivity contribution < 1.29 is 9.13 Å². The van der Waals surface area contributed by atoms with Gasteiger partial charge < -0.3 is 4.74 Å². The average Bonchev–Trinajstić information content (AvgIpc) is 2.67. The summed E-state index contributed by atoms with van der Waals surface area (Å²) in [4.78, 5) is 0. The molecule has 138 valence electrons. The summed E-state index contributed by atoms with van der Waals surface area (Å²) in [6, 6.07) is 24.6. The van der Waals surface area contributed by atoms with Gasteiger partial charge in [-0.25, -0.2) is 4.39 Å². The van der Waals surface area contributed by atoms with Crippen molar-refractivity contribution in [2.45, 2.75) is 25.7 Å². The Bertz CT molecular complexity index is 915. The topological polar surface area (TPSA) is 9.23 Å². The van der Waals surface area contributed by atoms with Crippen molar-refractivity contribution in [2.24, 2.45) is 0 Å². The lowest BCUT2D eigenvalue weighted by Gasteiger charge is -2.23. The number of hydrogen-bond acceptors (Lipinski definition) is 1. The molecule has 0 N–H and O–H groups in total. The summed E-state index contributed by atoms with van der Waals surface area (Å²) in [5.41, 5.74) is 1.18. The van der Waals surface area contributed by atoms with Gasteiger partial charge >= 0.3 is 0 Å². The second kappa shape index (κ2) is 8.41. The molecular weight excluding hydrogens is 359 g/mol. The Balaban J connectivity index is 1.73.